The number of aromatic nitrogens is 1. The molecule has 0 fully saturated rings. The van der Waals surface area contributed by atoms with E-state index in [0.29, 0.717) is 12.3 Å². The molecule has 1 amide bonds. The summed E-state index contributed by atoms with van der Waals surface area (Å²) >= 11 is 0. The van der Waals surface area contributed by atoms with Gasteiger partial charge >= 0.3 is 5.97 Å². The molecule has 1 aromatic carbocycles. The van der Waals surface area contributed by atoms with Gasteiger partial charge in [0.2, 0.25) is 0 Å². The number of esters is 1. The number of benzene rings is 1. The van der Waals surface area contributed by atoms with Crippen LogP contribution < -0.4 is 4.74 Å². The van der Waals surface area contributed by atoms with Crippen molar-refractivity contribution in [1.82, 2.24) is 9.88 Å². The first kappa shape index (κ1) is 19.4. The topological polar surface area (TPSA) is 68.7 Å². The Morgan fingerprint density at radius 1 is 1.12 bits per heavy atom. The number of carbonyl (C=O) groups is 2. The average molecular weight is 356 g/mol. The Morgan fingerprint density at radius 3 is 2.38 bits per heavy atom. The number of aryl methyl sites for hydroxylation is 1. The molecular formula is C20H24N2O4. The van der Waals surface area contributed by atoms with E-state index in [1.54, 1.807) is 24.2 Å². The second-order valence-electron chi connectivity index (χ2n) is 6.16. The lowest BCUT2D eigenvalue weighted by atomic mass is 10.1. The first-order valence-electron chi connectivity index (χ1n) is 8.43. The molecule has 0 aliphatic rings. The van der Waals surface area contributed by atoms with Gasteiger partial charge in [-0.1, -0.05) is 24.6 Å². The van der Waals surface area contributed by atoms with Gasteiger partial charge in [0, 0.05) is 25.5 Å². The summed E-state index contributed by atoms with van der Waals surface area (Å²) in [5, 5.41) is 0. The van der Waals surface area contributed by atoms with Gasteiger partial charge in [0.25, 0.3) is 5.91 Å². The molecule has 26 heavy (non-hydrogen) atoms. The van der Waals surface area contributed by atoms with Crippen LogP contribution in [0.15, 0.2) is 48.8 Å². The molecule has 0 bridgehead atoms. The average Bonchev–Trinajstić information content (AvgIpc) is 2.66. The van der Waals surface area contributed by atoms with Gasteiger partial charge in [-0.25, -0.2) is 0 Å². The van der Waals surface area contributed by atoms with Gasteiger partial charge in [0.1, 0.15) is 5.75 Å². The molecule has 1 unspecified atom stereocenters. The van der Waals surface area contributed by atoms with Gasteiger partial charge in [-0.2, -0.15) is 0 Å². The fourth-order valence-corrected chi connectivity index (χ4v) is 2.44. The highest BCUT2D eigenvalue weighted by atomic mass is 16.5. The number of hydrogen-bond donors (Lipinski definition) is 0. The van der Waals surface area contributed by atoms with Gasteiger partial charge in [0.05, 0.1) is 13.0 Å². The summed E-state index contributed by atoms with van der Waals surface area (Å²) in [5.41, 5.74) is 2.05. The SMILES string of the molecule is COC(=O)C(C)CN(Cc1ccncc1)C(=O)COc1ccc(C)cc1. The smallest absolute Gasteiger partial charge is 0.310 e. The van der Waals surface area contributed by atoms with E-state index in [4.69, 9.17) is 9.47 Å². The van der Waals surface area contributed by atoms with Crippen molar-refractivity contribution in [3.8, 4) is 5.75 Å². The van der Waals surface area contributed by atoms with Crippen LogP contribution in [-0.2, 0) is 20.9 Å². The third-order valence-electron chi connectivity index (χ3n) is 3.96. The summed E-state index contributed by atoms with van der Waals surface area (Å²) < 4.78 is 10.4. The third kappa shape index (κ3) is 5.88. The number of pyridine rings is 1. The number of ether oxygens (including phenoxy) is 2. The number of hydrogen-bond acceptors (Lipinski definition) is 5. The second kappa shape index (κ2) is 9.56. The number of carbonyl (C=O) groups excluding carboxylic acids is 2. The van der Waals surface area contributed by atoms with Gasteiger partial charge in [-0.3, -0.25) is 14.6 Å². The van der Waals surface area contributed by atoms with E-state index in [-0.39, 0.29) is 25.0 Å². The first-order chi connectivity index (χ1) is 12.5. The lowest BCUT2D eigenvalue weighted by Gasteiger charge is -2.25. The van der Waals surface area contributed by atoms with Gasteiger partial charge in [0.15, 0.2) is 6.61 Å². The van der Waals surface area contributed by atoms with E-state index in [0.717, 1.165) is 11.1 Å². The Balaban J connectivity index is 2.04. The Hall–Kier alpha value is -2.89. The van der Waals surface area contributed by atoms with Crippen LogP contribution in [0.25, 0.3) is 0 Å². The molecule has 2 aromatic rings. The molecule has 138 valence electrons. The van der Waals surface area contributed by atoms with Crippen LogP contribution in [-0.4, -0.2) is 42.0 Å². The van der Waals surface area contributed by atoms with Crippen LogP contribution >= 0.6 is 0 Å². The van der Waals surface area contributed by atoms with Crippen molar-refractivity contribution in [3.05, 3.63) is 59.9 Å². The van der Waals surface area contributed by atoms with Gasteiger partial charge in [-0.05, 0) is 36.8 Å². The summed E-state index contributed by atoms with van der Waals surface area (Å²) in [6, 6.07) is 11.2. The van der Waals surface area contributed by atoms with E-state index < -0.39 is 5.92 Å². The van der Waals surface area contributed by atoms with Crippen LogP contribution in [0.2, 0.25) is 0 Å². The maximum Gasteiger partial charge on any atom is 0.310 e. The molecule has 0 saturated carbocycles. The first-order valence-corrected chi connectivity index (χ1v) is 8.43. The summed E-state index contributed by atoms with van der Waals surface area (Å²) in [6.07, 6.45) is 3.34. The fourth-order valence-electron chi connectivity index (χ4n) is 2.44. The maximum absolute atomic E-state index is 12.7. The Morgan fingerprint density at radius 2 is 1.77 bits per heavy atom. The van der Waals surface area contributed by atoms with E-state index in [2.05, 4.69) is 4.98 Å². The minimum atomic E-state index is -0.426. The van der Waals surface area contributed by atoms with Crippen molar-refractivity contribution >= 4 is 11.9 Å². The lowest BCUT2D eigenvalue weighted by Crippen LogP contribution is -2.39. The molecule has 0 aliphatic carbocycles. The normalized spacial score (nSPS) is 11.5. The predicted octanol–water partition coefficient (Wildman–Crippen LogP) is 2.61. The van der Waals surface area contributed by atoms with Crippen molar-refractivity contribution in [2.45, 2.75) is 20.4 Å². The molecule has 1 heterocycles. The van der Waals surface area contributed by atoms with Crippen molar-refractivity contribution < 1.29 is 19.1 Å². The fraction of sp³-hybridized carbons (Fsp3) is 0.350. The van der Waals surface area contributed by atoms with Crippen molar-refractivity contribution in [3.63, 3.8) is 0 Å². The van der Waals surface area contributed by atoms with Crippen LogP contribution in [0.5, 0.6) is 5.75 Å². The molecular weight excluding hydrogens is 332 g/mol. The zero-order valence-electron chi connectivity index (χ0n) is 15.3. The molecule has 2 rings (SSSR count). The molecule has 0 spiro atoms. The van der Waals surface area contributed by atoms with E-state index in [1.807, 2.05) is 43.3 Å². The molecule has 0 radical (unpaired) electrons. The van der Waals surface area contributed by atoms with Crippen LogP contribution in [0.1, 0.15) is 18.1 Å². The van der Waals surface area contributed by atoms with Gasteiger partial charge in [-0.15, -0.1) is 0 Å². The van der Waals surface area contributed by atoms with E-state index >= 15 is 0 Å². The highest BCUT2D eigenvalue weighted by Gasteiger charge is 2.22. The number of nitrogens with zero attached hydrogens (tertiary/aromatic N) is 2. The van der Waals surface area contributed by atoms with Crippen LogP contribution in [0, 0.1) is 12.8 Å². The number of amides is 1. The third-order valence-corrected chi connectivity index (χ3v) is 3.96. The van der Waals surface area contributed by atoms with E-state index in [9.17, 15) is 9.59 Å². The van der Waals surface area contributed by atoms with Crippen molar-refractivity contribution in [1.29, 1.82) is 0 Å². The monoisotopic (exact) mass is 356 g/mol. The lowest BCUT2D eigenvalue weighted by molar-refractivity contribution is -0.147. The number of methoxy groups -OCH3 is 1. The molecule has 0 N–H and O–H groups in total. The van der Waals surface area contributed by atoms with Crippen LogP contribution in [0.3, 0.4) is 0 Å². The highest BCUT2D eigenvalue weighted by molar-refractivity contribution is 5.79. The molecule has 6 nitrogen and oxygen atoms in total. The molecule has 0 saturated heterocycles. The molecule has 1 aromatic heterocycles. The standard InChI is InChI=1S/C20H24N2O4/c1-15-4-6-18(7-5-15)26-14-19(23)22(12-16(2)20(24)25-3)13-17-8-10-21-11-9-17/h4-11,16H,12-14H2,1-3H3. The Labute approximate surface area is 153 Å². The second-order valence-corrected chi connectivity index (χ2v) is 6.16. The predicted molar refractivity (Wildman–Crippen MR) is 97.5 cm³/mol. The minimum absolute atomic E-state index is 0.0952. The molecule has 0 aliphatic heterocycles. The Bertz CT molecular complexity index is 716. The Kier molecular flexibility index (Phi) is 7.14. The molecule has 6 heteroatoms. The largest absolute Gasteiger partial charge is 0.484 e. The quantitative estimate of drug-likeness (QED) is 0.680. The molecule has 1 atom stereocenters. The maximum atomic E-state index is 12.7. The van der Waals surface area contributed by atoms with E-state index in [1.165, 1.54) is 7.11 Å². The summed E-state index contributed by atoms with van der Waals surface area (Å²) in [6.45, 7) is 4.26. The summed E-state index contributed by atoms with van der Waals surface area (Å²) in [7, 11) is 1.34. The summed E-state index contributed by atoms with van der Waals surface area (Å²) in [5.74, 6) is -0.339. The van der Waals surface area contributed by atoms with Crippen molar-refractivity contribution in [2.24, 2.45) is 5.92 Å². The van der Waals surface area contributed by atoms with Crippen molar-refractivity contribution in [2.75, 3.05) is 20.3 Å². The van der Waals surface area contributed by atoms with Crippen LogP contribution in [0.4, 0.5) is 0 Å². The minimum Gasteiger partial charge on any atom is -0.484 e. The highest BCUT2D eigenvalue weighted by Crippen LogP contribution is 2.13. The zero-order valence-corrected chi connectivity index (χ0v) is 15.3. The summed E-state index contributed by atoms with van der Waals surface area (Å²) in [4.78, 5) is 30.0. The zero-order chi connectivity index (χ0) is 18.9. The number of rotatable bonds is 8. The van der Waals surface area contributed by atoms with Gasteiger partial charge < -0.3 is 14.4 Å².